The average molecular weight is 495 g/mol. The van der Waals surface area contributed by atoms with Gasteiger partial charge in [-0.2, -0.15) is 0 Å². The number of benzene rings is 2. The number of carbonyl (C=O) groups excluding carboxylic acids is 1. The molecule has 8 nitrogen and oxygen atoms in total. The lowest BCUT2D eigenvalue weighted by molar-refractivity contribution is 0.0500. The van der Waals surface area contributed by atoms with Crippen molar-refractivity contribution in [3.8, 4) is 16.9 Å². The van der Waals surface area contributed by atoms with Crippen molar-refractivity contribution in [3.63, 3.8) is 0 Å². The first-order valence-electron chi connectivity index (χ1n) is 12.2. The third-order valence-electron chi connectivity index (χ3n) is 6.06. The molecule has 188 valence electrons. The summed E-state index contributed by atoms with van der Waals surface area (Å²) in [6, 6.07) is 21.7. The Balaban J connectivity index is 1.43. The van der Waals surface area contributed by atoms with Crippen LogP contribution in [0.25, 0.3) is 28.0 Å². The average Bonchev–Trinajstić information content (AvgIpc) is 3.47. The molecule has 5 aromatic rings. The largest absolute Gasteiger partial charge is 0.444 e. The predicted octanol–water partition coefficient (Wildman–Crippen LogP) is 5.63. The molecule has 0 aliphatic rings. The van der Waals surface area contributed by atoms with Gasteiger partial charge in [0.05, 0.1) is 29.0 Å². The molecule has 0 saturated carbocycles. The highest BCUT2D eigenvalue weighted by Crippen LogP contribution is 2.26. The number of aromatic nitrogens is 5. The van der Waals surface area contributed by atoms with Crippen LogP contribution in [-0.4, -0.2) is 35.8 Å². The summed E-state index contributed by atoms with van der Waals surface area (Å²) in [6.07, 6.45) is 5.41. The Labute approximate surface area is 216 Å². The van der Waals surface area contributed by atoms with E-state index in [-0.39, 0.29) is 0 Å². The molecule has 0 bridgehead atoms. The van der Waals surface area contributed by atoms with Crippen molar-refractivity contribution in [2.75, 3.05) is 0 Å². The lowest BCUT2D eigenvalue weighted by atomic mass is 10.1. The number of rotatable bonds is 6. The second kappa shape index (κ2) is 9.89. The number of hydrogen-bond donors (Lipinski definition) is 1. The number of amides is 1. The third-order valence-corrected chi connectivity index (χ3v) is 6.06. The molecule has 5 rings (SSSR count). The fourth-order valence-electron chi connectivity index (χ4n) is 4.36. The third kappa shape index (κ3) is 5.38. The summed E-state index contributed by atoms with van der Waals surface area (Å²) in [5.41, 5.74) is 5.25. The first-order chi connectivity index (χ1) is 17.8. The van der Waals surface area contributed by atoms with E-state index in [2.05, 4.69) is 50.2 Å². The molecular weight excluding hydrogens is 464 g/mol. The highest BCUT2D eigenvalue weighted by atomic mass is 16.6. The van der Waals surface area contributed by atoms with E-state index >= 15 is 0 Å². The van der Waals surface area contributed by atoms with Crippen LogP contribution in [0.2, 0.25) is 0 Å². The maximum Gasteiger partial charge on any atom is 0.408 e. The van der Waals surface area contributed by atoms with E-state index in [0.717, 1.165) is 39.5 Å². The molecule has 0 unspecified atom stereocenters. The van der Waals surface area contributed by atoms with Gasteiger partial charge in [-0.15, -0.1) is 0 Å². The quantitative estimate of drug-likeness (QED) is 0.331. The van der Waals surface area contributed by atoms with E-state index in [0.29, 0.717) is 6.42 Å². The van der Waals surface area contributed by atoms with E-state index in [1.807, 2.05) is 81.3 Å². The van der Waals surface area contributed by atoms with E-state index in [1.165, 1.54) is 0 Å². The number of nitrogens with one attached hydrogen (secondary N) is 1. The number of alkyl carbamates (subject to hydrolysis) is 1. The molecule has 0 aliphatic heterocycles. The van der Waals surface area contributed by atoms with Crippen molar-refractivity contribution >= 4 is 17.1 Å². The number of carbonyl (C=O) groups is 1. The lowest BCUT2D eigenvalue weighted by Gasteiger charge is -2.23. The zero-order valence-electron chi connectivity index (χ0n) is 21.4. The Morgan fingerprint density at radius 3 is 2.46 bits per heavy atom. The highest BCUT2D eigenvalue weighted by Gasteiger charge is 2.25. The number of fused-ring (bicyclic) bond motifs is 1. The molecule has 1 N–H and O–H groups in total. The van der Waals surface area contributed by atoms with Crippen molar-refractivity contribution in [1.29, 1.82) is 0 Å². The number of nitrogens with zero attached hydrogens (tertiary/aromatic N) is 5. The van der Waals surface area contributed by atoms with Gasteiger partial charge in [0.2, 0.25) is 0 Å². The van der Waals surface area contributed by atoms with E-state index < -0.39 is 17.7 Å². The van der Waals surface area contributed by atoms with Gasteiger partial charge in [0.25, 0.3) is 0 Å². The molecule has 3 heterocycles. The van der Waals surface area contributed by atoms with Crippen LogP contribution < -0.4 is 5.32 Å². The molecule has 1 amide bonds. The van der Waals surface area contributed by atoms with Gasteiger partial charge in [0.15, 0.2) is 0 Å². The topological polar surface area (TPSA) is 86.9 Å². The summed E-state index contributed by atoms with van der Waals surface area (Å²) < 4.78 is 9.60. The molecule has 8 heteroatoms. The van der Waals surface area contributed by atoms with Crippen LogP contribution in [0.15, 0.2) is 85.5 Å². The summed E-state index contributed by atoms with van der Waals surface area (Å²) in [7, 11) is 1.96. The van der Waals surface area contributed by atoms with Gasteiger partial charge in [0.1, 0.15) is 17.8 Å². The number of para-hydroxylation sites is 2. The van der Waals surface area contributed by atoms with Gasteiger partial charge < -0.3 is 14.6 Å². The van der Waals surface area contributed by atoms with Crippen LogP contribution in [-0.2, 0) is 18.2 Å². The Morgan fingerprint density at radius 1 is 0.973 bits per heavy atom. The minimum atomic E-state index is -0.602. The molecule has 37 heavy (non-hydrogen) atoms. The van der Waals surface area contributed by atoms with Crippen molar-refractivity contribution < 1.29 is 9.53 Å². The van der Waals surface area contributed by atoms with Gasteiger partial charge in [-0.3, -0.25) is 9.55 Å². The fourth-order valence-corrected chi connectivity index (χ4v) is 4.36. The SMILES string of the molecule is Cn1c(-c2ccc(-n3cnc4ccccc43)cc2)cnc1[C@H](Cc1ccccn1)NC(=O)OC(C)(C)C. The number of pyridine rings is 1. The van der Waals surface area contributed by atoms with Crippen LogP contribution in [0.5, 0.6) is 0 Å². The zero-order chi connectivity index (χ0) is 26.0. The Morgan fingerprint density at radius 2 is 1.73 bits per heavy atom. The molecule has 0 spiro atoms. The summed E-state index contributed by atoms with van der Waals surface area (Å²) in [6.45, 7) is 5.53. The normalized spacial score (nSPS) is 12.4. The molecule has 0 fully saturated rings. The summed E-state index contributed by atoms with van der Waals surface area (Å²) >= 11 is 0. The summed E-state index contributed by atoms with van der Waals surface area (Å²) in [5, 5.41) is 2.99. The van der Waals surface area contributed by atoms with Crippen LogP contribution >= 0.6 is 0 Å². The maximum atomic E-state index is 12.7. The van der Waals surface area contributed by atoms with Gasteiger partial charge in [-0.1, -0.05) is 30.3 Å². The lowest BCUT2D eigenvalue weighted by Crippen LogP contribution is -2.36. The van der Waals surface area contributed by atoms with Crippen LogP contribution in [0, 0.1) is 0 Å². The Hall–Kier alpha value is -4.46. The first kappa shape index (κ1) is 24.2. The Kier molecular flexibility index (Phi) is 6.48. The second-order valence-electron chi connectivity index (χ2n) is 9.93. The van der Waals surface area contributed by atoms with Gasteiger partial charge in [-0.25, -0.2) is 14.8 Å². The Bertz CT molecular complexity index is 1510. The first-order valence-corrected chi connectivity index (χ1v) is 12.2. The highest BCUT2D eigenvalue weighted by molar-refractivity contribution is 5.77. The van der Waals surface area contributed by atoms with E-state index in [9.17, 15) is 4.79 Å². The maximum absolute atomic E-state index is 12.7. The van der Waals surface area contributed by atoms with Crippen LogP contribution in [0.3, 0.4) is 0 Å². The van der Waals surface area contributed by atoms with Crippen molar-refractivity contribution in [2.24, 2.45) is 7.05 Å². The number of ether oxygens (including phenoxy) is 1. The predicted molar refractivity (Wildman–Crippen MR) is 143 cm³/mol. The van der Waals surface area contributed by atoms with Gasteiger partial charge >= 0.3 is 6.09 Å². The van der Waals surface area contributed by atoms with Crippen molar-refractivity contribution in [2.45, 2.75) is 38.8 Å². The molecular formula is C29H30N6O2. The number of hydrogen-bond acceptors (Lipinski definition) is 5. The van der Waals surface area contributed by atoms with Gasteiger partial charge in [-0.05, 0) is 62.7 Å². The monoisotopic (exact) mass is 494 g/mol. The summed E-state index contributed by atoms with van der Waals surface area (Å²) in [5.74, 6) is 0.719. The second-order valence-corrected chi connectivity index (χ2v) is 9.93. The molecule has 3 aromatic heterocycles. The zero-order valence-corrected chi connectivity index (χ0v) is 21.4. The molecule has 0 radical (unpaired) electrons. The smallest absolute Gasteiger partial charge is 0.408 e. The molecule has 2 aromatic carbocycles. The van der Waals surface area contributed by atoms with Crippen LogP contribution in [0.1, 0.15) is 38.3 Å². The summed E-state index contributed by atoms with van der Waals surface area (Å²) in [4.78, 5) is 26.3. The van der Waals surface area contributed by atoms with Crippen LogP contribution in [0.4, 0.5) is 4.79 Å². The standard InChI is InChI=1S/C29H30N6O2/c1-29(2,3)37-28(36)33-24(17-21-9-7-8-16-30-21)27-31-18-26(34(27)4)20-12-14-22(15-13-20)35-19-32-23-10-5-6-11-25(23)35/h5-16,18-19,24H,17H2,1-4H3,(H,33,36)/t24-/m0/s1. The van der Waals surface area contributed by atoms with E-state index in [1.54, 1.807) is 6.20 Å². The molecule has 0 saturated heterocycles. The van der Waals surface area contributed by atoms with E-state index in [4.69, 9.17) is 9.72 Å². The minimum Gasteiger partial charge on any atom is -0.444 e. The van der Waals surface area contributed by atoms with Crippen molar-refractivity contribution in [3.05, 3.63) is 97.0 Å². The fraction of sp³-hybridized carbons (Fsp3) is 0.241. The molecule has 1 atom stereocenters. The molecule has 0 aliphatic carbocycles. The van der Waals surface area contributed by atoms with Gasteiger partial charge in [0, 0.05) is 31.0 Å². The van der Waals surface area contributed by atoms with Crippen molar-refractivity contribution in [1.82, 2.24) is 29.4 Å². The number of imidazole rings is 2. The minimum absolute atomic E-state index is 0.417.